The van der Waals surface area contributed by atoms with E-state index < -0.39 is 0 Å². The van der Waals surface area contributed by atoms with Gasteiger partial charge in [0.25, 0.3) is 5.91 Å². The molecule has 1 aromatic rings. The van der Waals surface area contributed by atoms with Crippen molar-refractivity contribution < 1.29 is 4.79 Å². The first-order chi connectivity index (χ1) is 9.69. The van der Waals surface area contributed by atoms with Crippen molar-refractivity contribution in [3.05, 3.63) is 24.0 Å². The van der Waals surface area contributed by atoms with Gasteiger partial charge < -0.3 is 15.6 Å². The Morgan fingerprint density at radius 3 is 2.75 bits per heavy atom. The number of pyridine rings is 1. The average molecular weight is 277 g/mol. The van der Waals surface area contributed by atoms with Crippen LogP contribution in [-0.2, 0) is 0 Å². The van der Waals surface area contributed by atoms with Gasteiger partial charge in [-0.2, -0.15) is 0 Å². The molecule has 0 radical (unpaired) electrons. The lowest BCUT2D eigenvalue weighted by Crippen LogP contribution is -2.43. The van der Waals surface area contributed by atoms with Crippen LogP contribution in [0.25, 0.3) is 0 Å². The molecule has 1 aromatic heterocycles. The molecule has 6 heteroatoms. The summed E-state index contributed by atoms with van der Waals surface area (Å²) < 4.78 is 0. The molecule has 0 saturated carbocycles. The van der Waals surface area contributed by atoms with E-state index in [0.717, 1.165) is 19.6 Å². The van der Waals surface area contributed by atoms with Crippen molar-refractivity contribution in [2.45, 2.75) is 32.2 Å². The van der Waals surface area contributed by atoms with E-state index in [0.29, 0.717) is 11.4 Å². The molecule has 1 saturated heterocycles. The van der Waals surface area contributed by atoms with Gasteiger partial charge in [-0.3, -0.25) is 10.6 Å². The second-order valence-corrected chi connectivity index (χ2v) is 5.31. The zero-order chi connectivity index (χ0) is 14.4. The zero-order valence-electron chi connectivity index (χ0n) is 11.9. The Hall–Kier alpha value is -1.66. The van der Waals surface area contributed by atoms with Crippen LogP contribution in [0.5, 0.6) is 0 Å². The van der Waals surface area contributed by atoms with Crippen molar-refractivity contribution >= 4 is 11.6 Å². The van der Waals surface area contributed by atoms with Gasteiger partial charge in [-0.15, -0.1) is 0 Å². The fourth-order valence-electron chi connectivity index (χ4n) is 2.49. The third-order valence-corrected chi connectivity index (χ3v) is 3.52. The highest BCUT2D eigenvalue weighted by molar-refractivity contribution is 5.92. The maximum absolute atomic E-state index is 12.1. The van der Waals surface area contributed by atoms with Crippen LogP contribution in [0.4, 0.5) is 5.69 Å². The second-order valence-electron chi connectivity index (χ2n) is 5.31. The normalized spacial score (nSPS) is 17.5. The summed E-state index contributed by atoms with van der Waals surface area (Å²) in [4.78, 5) is 18.5. The Bertz CT molecular complexity index is 428. The minimum absolute atomic E-state index is 0.120. The van der Waals surface area contributed by atoms with Gasteiger partial charge in [0.1, 0.15) is 5.69 Å². The number of hydrogen-bond donors (Lipinski definition) is 3. The maximum Gasteiger partial charge on any atom is 0.270 e. The number of carbonyl (C=O) groups is 1. The Morgan fingerprint density at radius 2 is 2.15 bits per heavy atom. The second kappa shape index (κ2) is 7.21. The van der Waals surface area contributed by atoms with Crippen molar-refractivity contribution in [3.63, 3.8) is 0 Å². The molecule has 20 heavy (non-hydrogen) atoms. The van der Waals surface area contributed by atoms with E-state index in [4.69, 9.17) is 5.84 Å². The summed E-state index contributed by atoms with van der Waals surface area (Å²) in [5.41, 5.74) is 3.58. The molecule has 0 aliphatic carbocycles. The number of aromatic nitrogens is 1. The summed E-state index contributed by atoms with van der Waals surface area (Å²) in [5.74, 6) is 5.12. The third-order valence-electron chi connectivity index (χ3n) is 3.52. The predicted molar refractivity (Wildman–Crippen MR) is 79.3 cm³/mol. The minimum atomic E-state index is -0.141. The van der Waals surface area contributed by atoms with Gasteiger partial charge in [-0.1, -0.05) is 6.42 Å². The fraction of sp³-hybridized carbons (Fsp3) is 0.571. The molecule has 1 amide bonds. The molecule has 1 aliphatic rings. The summed E-state index contributed by atoms with van der Waals surface area (Å²) in [6.07, 6.45) is 5.39. The van der Waals surface area contributed by atoms with Crippen molar-refractivity contribution in [2.75, 3.05) is 25.1 Å². The Labute approximate surface area is 119 Å². The topological polar surface area (TPSA) is 83.3 Å². The van der Waals surface area contributed by atoms with E-state index in [9.17, 15) is 4.79 Å². The summed E-state index contributed by atoms with van der Waals surface area (Å²) in [6, 6.07) is 3.52. The number of amides is 1. The van der Waals surface area contributed by atoms with Crippen LogP contribution < -0.4 is 16.6 Å². The smallest absolute Gasteiger partial charge is 0.270 e. The Balaban J connectivity index is 1.82. The highest BCUT2D eigenvalue weighted by Crippen LogP contribution is 2.09. The molecule has 1 aliphatic heterocycles. The number of piperidine rings is 1. The van der Waals surface area contributed by atoms with Gasteiger partial charge >= 0.3 is 0 Å². The molecule has 2 rings (SSSR count). The molecule has 0 spiro atoms. The van der Waals surface area contributed by atoms with Gasteiger partial charge in [0, 0.05) is 12.6 Å². The summed E-state index contributed by atoms with van der Waals surface area (Å²) >= 11 is 0. The molecule has 1 unspecified atom stereocenters. The lowest BCUT2D eigenvalue weighted by atomic mass is 10.1. The molecule has 4 N–H and O–H groups in total. The van der Waals surface area contributed by atoms with Crippen molar-refractivity contribution in [1.82, 2.24) is 15.2 Å². The molecule has 1 atom stereocenters. The first-order valence-corrected chi connectivity index (χ1v) is 7.15. The predicted octanol–water partition coefficient (Wildman–Crippen LogP) is 0.971. The number of carbonyl (C=O) groups excluding carboxylic acids is 1. The molecule has 110 valence electrons. The van der Waals surface area contributed by atoms with Gasteiger partial charge in [-0.05, 0) is 45.0 Å². The Kier molecular flexibility index (Phi) is 5.31. The van der Waals surface area contributed by atoms with Crippen molar-refractivity contribution in [1.29, 1.82) is 0 Å². The molecule has 2 heterocycles. The maximum atomic E-state index is 12.1. The van der Waals surface area contributed by atoms with E-state index in [1.807, 2.05) is 6.92 Å². The van der Waals surface area contributed by atoms with Crippen LogP contribution >= 0.6 is 0 Å². The number of nitrogens with two attached hydrogens (primary N) is 1. The number of nitrogen functional groups attached to an aromatic ring is 1. The minimum Gasteiger partial charge on any atom is -0.347 e. The van der Waals surface area contributed by atoms with Crippen molar-refractivity contribution in [2.24, 2.45) is 5.84 Å². The summed E-state index contributed by atoms with van der Waals surface area (Å²) in [6.45, 7) is 5.20. The van der Waals surface area contributed by atoms with Crippen LogP contribution in [0.1, 0.15) is 36.7 Å². The summed E-state index contributed by atoms with van der Waals surface area (Å²) in [7, 11) is 0. The largest absolute Gasteiger partial charge is 0.347 e. The molecule has 6 nitrogen and oxygen atoms in total. The highest BCUT2D eigenvalue weighted by Gasteiger charge is 2.16. The molecule has 0 bridgehead atoms. The highest BCUT2D eigenvalue weighted by atomic mass is 16.1. The number of hydrogen-bond acceptors (Lipinski definition) is 5. The average Bonchev–Trinajstić information content (AvgIpc) is 2.48. The number of nitrogens with one attached hydrogen (secondary N) is 2. The van der Waals surface area contributed by atoms with Gasteiger partial charge in [-0.25, -0.2) is 4.98 Å². The lowest BCUT2D eigenvalue weighted by Gasteiger charge is -2.29. The van der Waals surface area contributed by atoms with Crippen molar-refractivity contribution in [3.8, 4) is 0 Å². The van der Waals surface area contributed by atoms with Gasteiger partial charge in [0.05, 0.1) is 11.9 Å². The number of hydrazine groups is 1. The molecule has 1 fully saturated rings. The molecular weight excluding hydrogens is 254 g/mol. The van der Waals surface area contributed by atoms with Crippen LogP contribution in [0.15, 0.2) is 18.3 Å². The number of likely N-dealkylation sites (tertiary alicyclic amines) is 1. The molecular formula is C14H23N5O. The first-order valence-electron chi connectivity index (χ1n) is 7.15. The first kappa shape index (κ1) is 14.7. The monoisotopic (exact) mass is 277 g/mol. The SMILES string of the molecule is CC(CN1CCCCC1)NC(=O)c1ccc(NN)cn1. The fourth-order valence-corrected chi connectivity index (χ4v) is 2.49. The quantitative estimate of drug-likeness (QED) is 0.552. The van der Waals surface area contributed by atoms with E-state index >= 15 is 0 Å². The van der Waals surface area contributed by atoms with Crippen LogP contribution in [0.3, 0.4) is 0 Å². The van der Waals surface area contributed by atoms with Crippen LogP contribution in [0, 0.1) is 0 Å². The zero-order valence-corrected chi connectivity index (χ0v) is 11.9. The number of rotatable bonds is 5. The summed E-state index contributed by atoms with van der Waals surface area (Å²) in [5, 5.41) is 2.99. The van der Waals surface area contributed by atoms with E-state index in [1.165, 1.54) is 19.3 Å². The Morgan fingerprint density at radius 1 is 1.40 bits per heavy atom. The van der Waals surface area contributed by atoms with Crippen LogP contribution in [0.2, 0.25) is 0 Å². The van der Waals surface area contributed by atoms with Gasteiger partial charge in [0.15, 0.2) is 0 Å². The van der Waals surface area contributed by atoms with E-state index in [-0.39, 0.29) is 11.9 Å². The number of anilines is 1. The standard InChI is InChI=1S/C14H23N5O/c1-11(10-19-7-3-2-4-8-19)17-14(20)13-6-5-12(18-15)9-16-13/h5-6,9,11,18H,2-4,7-8,10,15H2,1H3,(H,17,20). The van der Waals surface area contributed by atoms with E-state index in [1.54, 1.807) is 18.3 Å². The lowest BCUT2D eigenvalue weighted by molar-refractivity contribution is 0.0920. The third kappa shape index (κ3) is 4.18. The van der Waals surface area contributed by atoms with E-state index in [2.05, 4.69) is 20.6 Å². The number of nitrogens with zero attached hydrogens (tertiary/aromatic N) is 2. The van der Waals surface area contributed by atoms with Crippen LogP contribution in [-0.4, -0.2) is 41.5 Å². The van der Waals surface area contributed by atoms with Gasteiger partial charge in [0.2, 0.25) is 0 Å². The molecule has 0 aromatic carbocycles.